The Labute approximate surface area is 77.9 Å². The molecule has 0 aliphatic carbocycles. The van der Waals surface area contributed by atoms with Crippen LogP contribution in [0.25, 0.3) is 6.08 Å². The maximum absolute atomic E-state index is 12.6. The van der Waals surface area contributed by atoms with Crippen molar-refractivity contribution in [2.45, 2.75) is 0 Å². The normalized spacial score (nSPS) is 10.7. The van der Waals surface area contributed by atoms with Crippen LogP contribution in [0, 0.1) is 11.6 Å². The monoisotopic (exact) mass is 200 g/mol. The summed E-state index contributed by atoms with van der Waals surface area (Å²) in [7, 11) is 0. The predicted molar refractivity (Wildman–Crippen MR) is 44.7 cm³/mol. The number of hydrogen-bond acceptors (Lipinski definition) is 2. The van der Waals surface area contributed by atoms with Crippen LogP contribution in [0.3, 0.4) is 0 Å². The summed E-state index contributed by atoms with van der Waals surface area (Å²) in [6.07, 6.45) is 1.69. The number of carbonyl (C=O) groups is 1. The van der Waals surface area contributed by atoms with Gasteiger partial charge in [-0.15, -0.1) is 0 Å². The average Bonchev–Trinajstić information content (AvgIpc) is 2.09. The summed E-state index contributed by atoms with van der Waals surface area (Å²) in [5.74, 6) is -4.08. The number of halogens is 2. The van der Waals surface area contributed by atoms with Crippen molar-refractivity contribution < 1.29 is 23.8 Å². The van der Waals surface area contributed by atoms with Crippen molar-refractivity contribution in [3.63, 3.8) is 0 Å². The molecule has 1 aromatic carbocycles. The van der Waals surface area contributed by atoms with Crippen LogP contribution < -0.4 is 0 Å². The Morgan fingerprint density at radius 3 is 2.43 bits per heavy atom. The lowest BCUT2D eigenvalue weighted by Crippen LogP contribution is -1.88. The molecule has 5 heteroatoms. The molecule has 0 heterocycles. The summed E-state index contributed by atoms with van der Waals surface area (Å²) >= 11 is 0. The van der Waals surface area contributed by atoms with Crippen LogP contribution in [0.4, 0.5) is 8.78 Å². The summed E-state index contributed by atoms with van der Waals surface area (Å²) in [5.41, 5.74) is -0.0914. The SMILES string of the molecule is O=C(O)C=Cc1cc(F)c(F)cc1O. The van der Waals surface area contributed by atoms with Gasteiger partial charge in [-0.25, -0.2) is 13.6 Å². The summed E-state index contributed by atoms with van der Waals surface area (Å²) in [6, 6.07) is 1.29. The van der Waals surface area contributed by atoms with Gasteiger partial charge in [0.2, 0.25) is 0 Å². The third-order valence-corrected chi connectivity index (χ3v) is 1.48. The van der Waals surface area contributed by atoms with Crippen molar-refractivity contribution in [2.24, 2.45) is 0 Å². The van der Waals surface area contributed by atoms with Gasteiger partial charge in [-0.3, -0.25) is 0 Å². The van der Waals surface area contributed by atoms with E-state index < -0.39 is 23.4 Å². The first-order valence-electron chi connectivity index (χ1n) is 3.59. The van der Waals surface area contributed by atoms with Gasteiger partial charge in [0.05, 0.1) is 0 Å². The average molecular weight is 200 g/mol. The lowest BCUT2D eigenvalue weighted by molar-refractivity contribution is -0.131. The van der Waals surface area contributed by atoms with E-state index in [4.69, 9.17) is 10.2 Å². The van der Waals surface area contributed by atoms with Gasteiger partial charge in [-0.1, -0.05) is 0 Å². The number of phenols is 1. The summed E-state index contributed by atoms with van der Waals surface area (Å²) in [5, 5.41) is 17.3. The highest BCUT2D eigenvalue weighted by molar-refractivity contribution is 5.85. The second-order valence-corrected chi connectivity index (χ2v) is 2.50. The fraction of sp³-hybridized carbons (Fsp3) is 0. The molecular formula is C9H6F2O3. The zero-order chi connectivity index (χ0) is 10.7. The minimum Gasteiger partial charge on any atom is -0.507 e. The van der Waals surface area contributed by atoms with E-state index in [1.165, 1.54) is 0 Å². The first kappa shape index (κ1) is 10.2. The van der Waals surface area contributed by atoms with Crippen LogP contribution in [0.2, 0.25) is 0 Å². The van der Waals surface area contributed by atoms with E-state index in [1.54, 1.807) is 0 Å². The third-order valence-electron chi connectivity index (χ3n) is 1.48. The number of carboxylic acids is 1. The Balaban J connectivity index is 3.10. The Kier molecular flexibility index (Phi) is 2.81. The molecule has 0 aliphatic heterocycles. The summed E-state index contributed by atoms with van der Waals surface area (Å²) in [4.78, 5) is 10.1. The van der Waals surface area contributed by atoms with Crippen LogP contribution in [-0.4, -0.2) is 16.2 Å². The zero-order valence-electron chi connectivity index (χ0n) is 6.87. The third kappa shape index (κ3) is 2.29. The standard InChI is InChI=1S/C9H6F2O3/c10-6-3-5(1-2-9(13)14)8(12)4-7(6)11/h1-4,12H,(H,13,14). The van der Waals surface area contributed by atoms with Gasteiger partial charge in [0.1, 0.15) is 5.75 Å². The molecule has 0 atom stereocenters. The minimum absolute atomic E-state index is 0.0914. The Hall–Kier alpha value is -1.91. The molecule has 0 saturated carbocycles. The number of hydrogen-bond donors (Lipinski definition) is 2. The smallest absolute Gasteiger partial charge is 0.328 e. The van der Waals surface area contributed by atoms with Crippen LogP contribution in [-0.2, 0) is 4.79 Å². The molecule has 0 unspecified atom stereocenters. The Bertz CT molecular complexity index is 399. The van der Waals surface area contributed by atoms with Gasteiger partial charge in [0, 0.05) is 17.7 Å². The van der Waals surface area contributed by atoms with Crippen LogP contribution in [0.5, 0.6) is 5.75 Å². The van der Waals surface area contributed by atoms with Crippen molar-refractivity contribution >= 4 is 12.0 Å². The van der Waals surface area contributed by atoms with Crippen molar-refractivity contribution in [2.75, 3.05) is 0 Å². The number of phenolic OH excluding ortho intramolecular Hbond substituents is 1. The minimum atomic E-state index is -1.24. The number of aromatic hydroxyl groups is 1. The highest BCUT2D eigenvalue weighted by Gasteiger charge is 2.06. The lowest BCUT2D eigenvalue weighted by atomic mass is 10.2. The van der Waals surface area contributed by atoms with Crippen LogP contribution >= 0.6 is 0 Å². The van der Waals surface area contributed by atoms with Gasteiger partial charge in [-0.2, -0.15) is 0 Å². The van der Waals surface area contributed by atoms with Gasteiger partial charge < -0.3 is 10.2 Å². The molecule has 2 N–H and O–H groups in total. The predicted octanol–water partition coefficient (Wildman–Crippen LogP) is 1.77. The van der Waals surface area contributed by atoms with E-state index in [-0.39, 0.29) is 5.56 Å². The van der Waals surface area contributed by atoms with E-state index in [1.807, 2.05) is 0 Å². The largest absolute Gasteiger partial charge is 0.507 e. The highest BCUT2D eigenvalue weighted by atomic mass is 19.2. The van der Waals surface area contributed by atoms with Crippen molar-refractivity contribution in [3.05, 3.63) is 35.4 Å². The molecule has 0 saturated heterocycles. The van der Waals surface area contributed by atoms with Gasteiger partial charge in [-0.05, 0) is 12.1 Å². The molecule has 1 aromatic rings. The van der Waals surface area contributed by atoms with E-state index in [0.717, 1.165) is 6.08 Å². The molecular weight excluding hydrogens is 194 g/mol. The molecule has 0 fully saturated rings. The molecule has 1 rings (SSSR count). The van der Waals surface area contributed by atoms with Crippen LogP contribution in [0.15, 0.2) is 18.2 Å². The number of benzene rings is 1. The van der Waals surface area contributed by atoms with Gasteiger partial charge in [0.15, 0.2) is 11.6 Å². The van der Waals surface area contributed by atoms with E-state index in [0.29, 0.717) is 18.2 Å². The van der Waals surface area contributed by atoms with Crippen LogP contribution in [0.1, 0.15) is 5.56 Å². The van der Waals surface area contributed by atoms with E-state index in [9.17, 15) is 13.6 Å². The molecule has 0 radical (unpaired) electrons. The van der Waals surface area contributed by atoms with Crippen molar-refractivity contribution in [3.8, 4) is 5.75 Å². The number of carboxylic acid groups (broad SMARTS) is 1. The quantitative estimate of drug-likeness (QED) is 0.715. The second-order valence-electron chi connectivity index (χ2n) is 2.50. The molecule has 14 heavy (non-hydrogen) atoms. The van der Waals surface area contributed by atoms with Crippen molar-refractivity contribution in [1.29, 1.82) is 0 Å². The first-order valence-corrected chi connectivity index (χ1v) is 3.59. The lowest BCUT2D eigenvalue weighted by Gasteiger charge is -1.99. The molecule has 74 valence electrons. The van der Waals surface area contributed by atoms with E-state index >= 15 is 0 Å². The molecule has 0 bridgehead atoms. The maximum Gasteiger partial charge on any atom is 0.328 e. The summed E-state index contributed by atoms with van der Waals surface area (Å²) in [6.45, 7) is 0. The Morgan fingerprint density at radius 1 is 1.29 bits per heavy atom. The number of aliphatic carboxylic acids is 1. The van der Waals surface area contributed by atoms with Crippen molar-refractivity contribution in [1.82, 2.24) is 0 Å². The summed E-state index contributed by atoms with van der Waals surface area (Å²) < 4.78 is 25.1. The number of rotatable bonds is 2. The zero-order valence-corrected chi connectivity index (χ0v) is 6.87. The molecule has 0 spiro atoms. The second kappa shape index (κ2) is 3.87. The van der Waals surface area contributed by atoms with Gasteiger partial charge >= 0.3 is 5.97 Å². The molecule has 0 aliphatic rings. The molecule has 3 nitrogen and oxygen atoms in total. The highest BCUT2D eigenvalue weighted by Crippen LogP contribution is 2.21. The first-order chi connectivity index (χ1) is 6.50. The Morgan fingerprint density at radius 2 is 1.86 bits per heavy atom. The van der Waals surface area contributed by atoms with Gasteiger partial charge in [0.25, 0.3) is 0 Å². The van der Waals surface area contributed by atoms with E-state index in [2.05, 4.69) is 0 Å². The molecule has 0 amide bonds. The fourth-order valence-corrected chi connectivity index (χ4v) is 0.846. The topological polar surface area (TPSA) is 57.5 Å². The molecule has 0 aromatic heterocycles. The maximum atomic E-state index is 12.6. The fourth-order valence-electron chi connectivity index (χ4n) is 0.846.